The second kappa shape index (κ2) is 10.5. The second-order valence-electron chi connectivity index (χ2n) is 6.62. The third kappa shape index (κ3) is 5.47. The Hall–Kier alpha value is -1.53. The number of furan rings is 1. The molecule has 0 spiro atoms. The third-order valence-electron chi connectivity index (χ3n) is 5.08. The van der Waals surface area contributed by atoms with Crippen LogP contribution in [0.25, 0.3) is 0 Å². The molecule has 1 aromatic rings. The summed E-state index contributed by atoms with van der Waals surface area (Å²) in [6.07, 6.45) is 6.01. The van der Waals surface area contributed by atoms with Crippen LogP contribution < -0.4 is 5.32 Å². The van der Waals surface area contributed by atoms with E-state index in [2.05, 4.69) is 24.1 Å². The molecule has 1 saturated heterocycles. The molecular formula is C19H33N3O3. The van der Waals surface area contributed by atoms with Crippen LogP contribution in [0.3, 0.4) is 0 Å². The third-order valence-corrected chi connectivity index (χ3v) is 5.08. The SMILES string of the molecule is CCC(CC)N(CCOC)C(=O)NC[C@H](c1ccco1)N1CCCC1. The van der Waals surface area contributed by atoms with E-state index in [0.717, 1.165) is 31.7 Å². The predicted molar refractivity (Wildman–Crippen MR) is 98.6 cm³/mol. The highest BCUT2D eigenvalue weighted by molar-refractivity contribution is 5.74. The van der Waals surface area contributed by atoms with E-state index in [1.54, 1.807) is 13.4 Å². The number of hydrogen-bond acceptors (Lipinski definition) is 4. The van der Waals surface area contributed by atoms with Crippen LogP contribution in [0.2, 0.25) is 0 Å². The number of carbonyl (C=O) groups excluding carboxylic acids is 1. The molecule has 0 aliphatic carbocycles. The Morgan fingerprint density at radius 3 is 2.64 bits per heavy atom. The van der Waals surface area contributed by atoms with Gasteiger partial charge in [0, 0.05) is 26.2 Å². The molecule has 0 unspecified atom stereocenters. The molecule has 1 atom stereocenters. The first-order chi connectivity index (χ1) is 12.2. The van der Waals surface area contributed by atoms with Gasteiger partial charge in [-0.1, -0.05) is 13.8 Å². The second-order valence-corrected chi connectivity index (χ2v) is 6.62. The van der Waals surface area contributed by atoms with Crippen molar-refractivity contribution >= 4 is 6.03 Å². The molecule has 1 aromatic heterocycles. The molecule has 25 heavy (non-hydrogen) atoms. The van der Waals surface area contributed by atoms with Crippen molar-refractivity contribution in [2.75, 3.05) is 39.9 Å². The standard InChI is InChI=1S/C19H33N3O3/c1-4-16(5-2)22(12-14-24-3)19(23)20-15-17(18-9-8-13-25-18)21-10-6-7-11-21/h8-9,13,16-17H,4-7,10-12,14-15H2,1-3H3,(H,20,23)/t17-/m1/s1. The van der Waals surface area contributed by atoms with Gasteiger partial charge in [-0.2, -0.15) is 0 Å². The maximum Gasteiger partial charge on any atom is 0.317 e. The van der Waals surface area contributed by atoms with Crippen LogP contribution in [0.5, 0.6) is 0 Å². The number of nitrogens with one attached hydrogen (secondary N) is 1. The minimum absolute atomic E-state index is 0.0125. The van der Waals surface area contributed by atoms with Gasteiger partial charge in [-0.25, -0.2) is 4.79 Å². The van der Waals surface area contributed by atoms with Crippen molar-refractivity contribution in [2.45, 2.75) is 51.6 Å². The first-order valence-corrected chi connectivity index (χ1v) is 9.52. The Morgan fingerprint density at radius 1 is 1.36 bits per heavy atom. The number of methoxy groups -OCH3 is 1. The van der Waals surface area contributed by atoms with E-state index in [4.69, 9.17) is 9.15 Å². The van der Waals surface area contributed by atoms with Gasteiger partial charge in [0.25, 0.3) is 0 Å². The van der Waals surface area contributed by atoms with Crippen LogP contribution in [0, 0.1) is 0 Å². The molecule has 1 N–H and O–H groups in total. The zero-order chi connectivity index (χ0) is 18.1. The molecule has 1 fully saturated rings. The molecule has 0 radical (unpaired) electrons. The van der Waals surface area contributed by atoms with Gasteiger partial charge in [-0.15, -0.1) is 0 Å². The van der Waals surface area contributed by atoms with Gasteiger partial charge >= 0.3 is 6.03 Å². The Kier molecular flexibility index (Phi) is 8.28. The monoisotopic (exact) mass is 351 g/mol. The zero-order valence-corrected chi connectivity index (χ0v) is 15.9. The number of rotatable bonds is 10. The van der Waals surface area contributed by atoms with E-state index in [-0.39, 0.29) is 18.1 Å². The van der Waals surface area contributed by atoms with Gasteiger partial charge in [-0.05, 0) is 50.9 Å². The van der Waals surface area contributed by atoms with Gasteiger partial charge in [0.1, 0.15) is 5.76 Å². The van der Waals surface area contributed by atoms with E-state index in [0.29, 0.717) is 19.7 Å². The number of urea groups is 1. The Bertz CT molecular complexity index is 482. The van der Waals surface area contributed by atoms with Crippen LogP contribution >= 0.6 is 0 Å². The average Bonchev–Trinajstić information content (AvgIpc) is 3.33. The largest absolute Gasteiger partial charge is 0.468 e. The Morgan fingerprint density at radius 2 is 2.08 bits per heavy atom. The highest BCUT2D eigenvalue weighted by Crippen LogP contribution is 2.25. The van der Waals surface area contributed by atoms with Crippen LogP contribution in [-0.4, -0.2) is 61.8 Å². The maximum atomic E-state index is 12.8. The summed E-state index contributed by atoms with van der Waals surface area (Å²) in [4.78, 5) is 17.1. The van der Waals surface area contributed by atoms with Crippen LogP contribution in [0.4, 0.5) is 4.79 Å². The van der Waals surface area contributed by atoms with Crippen LogP contribution in [0.1, 0.15) is 51.3 Å². The number of carbonyl (C=O) groups is 1. The molecule has 0 saturated carbocycles. The van der Waals surface area contributed by atoms with Crippen molar-refractivity contribution in [3.63, 3.8) is 0 Å². The van der Waals surface area contributed by atoms with Crippen molar-refractivity contribution in [3.8, 4) is 0 Å². The van der Waals surface area contributed by atoms with E-state index in [1.165, 1.54) is 12.8 Å². The predicted octanol–water partition coefficient (Wildman–Crippen LogP) is 3.26. The maximum absolute atomic E-state index is 12.8. The first-order valence-electron chi connectivity index (χ1n) is 9.52. The molecule has 6 heteroatoms. The Labute approximate surface area is 151 Å². The molecule has 1 aliphatic rings. The van der Waals surface area contributed by atoms with Gasteiger partial charge in [0.2, 0.25) is 0 Å². The zero-order valence-electron chi connectivity index (χ0n) is 15.9. The molecule has 2 rings (SSSR count). The van der Waals surface area contributed by atoms with Gasteiger partial charge < -0.3 is 19.4 Å². The average molecular weight is 351 g/mol. The lowest BCUT2D eigenvalue weighted by molar-refractivity contribution is 0.123. The van der Waals surface area contributed by atoms with Gasteiger partial charge in [-0.3, -0.25) is 4.90 Å². The minimum Gasteiger partial charge on any atom is -0.468 e. The summed E-state index contributed by atoms with van der Waals surface area (Å²) in [5.74, 6) is 0.924. The summed E-state index contributed by atoms with van der Waals surface area (Å²) in [5.41, 5.74) is 0. The molecule has 2 heterocycles. The summed E-state index contributed by atoms with van der Waals surface area (Å²) in [5, 5.41) is 3.14. The Balaban J connectivity index is 1.99. The summed E-state index contributed by atoms with van der Waals surface area (Å²) in [6.45, 7) is 8.09. The van der Waals surface area contributed by atoms with Gasteiger partial charge in [0.15, 0.2) is 0 Å². The molecule has 1 aliphatic heterocycles. The van der Waals surface area contributed by atoms with Crippen LogP contribution in [0.15, 0.2) is 22.8 Å². The summed E-state index contributed by atoms with van der Waals surface area (Å²) in [6, 6.07) is 4.24. The van der Waals surface area contributed by atoms with E-state index >= 15 is 0 Å². The lowest BCUT2D eigenvalue weighted by atomic mass is 10.1. The highest BCUT2D eigenvalue weighted by atomic mass is 16.5. The summed E-state index contributed by atoms with van der Waals surface area (Å²) in [7, 11) is 1.67. The van der Waals surface area contributed by atoms with Crippen molar-refractivity contribution in [2.24, 2.45) is 0 Å². The fraction of sp³-hybridized carbons (Fsp3) is 0.737. The number of amides is 2. The topological polar surface area (TPSA) is 58.0 Å². The van der Waals surface area contributed by atoms with Crippen LogP contribution in [-0.2, 0) is 4.74 Å². The fourth-order valence-corrected chi connectivity index (χ4v) is 3.60. The lowest BCUT2D eigenvalue weighted by Gasteiger charge is -2.32. The normalized spacial score (nSPS) is 16.3. The lowest BCUT2D eigenvalue weighted by Crippen LogP contribution is -2.49. The minimum atomic E-state index is -0.0125. The van der Waals surface area contributed by atoms with Crippen molar-refractivity contribution in [1.82, 2.24) is 15.1 Å². The number of nitrogens with zero attached hydrogens (tertiary/aromatic N) is 2. The number of ether oxygens (including phenoxy) is 1. The van der Waals surface area contributed by atoms with E-state index < -0.39 is 0 Å². The number of likely N-dealkylation sites (tertiary alicyclic amines) is 1. The molecule has 0 bridgehead atoms. The van der Waals surface area contributed by atoms with E-state index in [1.807, 2.05) is 17.0 Å². The first kappa shape index (κ1) is 19.8. The number of hydrogen-bond donors (Lipinski definition) is 1. The molecule has 6 nitrogen and oxygen atoms in total. The molecular weight excluding hydrogens is 318 g/mol. The molecule has 0 aromatic carbocycles. The summed E-state index contributed by atoms with van der Waals surface area (Å²) >= 11 is 0. The molecule has 142 valence electrons. The smallest absolute Gasteiger partial charge is 0.317 e. The fourth-order valence-electron chi connectivity index (χ4n) is 3.60. The van der Waals surface area contributed by atoms with Gasteiger partial charge in [0.05, 0.1) is 18.9 Å². The highest BCUT2D eigenvalue weighted by Gasteiger charge is 2.27. The van der Waals surface area contributed by atoms with Crippen molar-refractivity contribution in [3.05, 3.63) is 24.2 Å². The quantitative estimate of drug-likeness (QED) is 0.703. The van der Waals surface area contributed by atoms with E-state index in [9.17, 15) is 4.79 Å². The van der Waals surface area contributed by atoms with Crippen molar-refractivity contribution in [1.29, 1.82) is 0 Å². The van der Waals surface area contributed by atoms with Crippen molar-refractivity contribution < 1.29 is 13.9 Å². The summed E-state index contributed by atoms with van der Waals surface area (Å²) < 4.78 is 10.8. The molecule has 2 amide bonds.